The molecule has 1 fully saturated rings. The van der Waals surface area contributed by atoms with Crippen LogP contribution < -0.4 is 4.90 Å². The second-order valence-electron chi connectivity index (χ2n) is 5.58. The lowest BCUT2D eigenvalue weighted by Gasteiger charge is -2.13. The zero-order valence-corrected chi connectivity index (χ0v) is 17.0. The number of carbonyl (C=O) groups is 1. The highest BCUT2D eigenvalue weighted by Gasteiger charge is 2.33. The number of aromatic nitrogens is 1. The van der Waals surface area contributed by atoms with Gasteiger partial charge in [0.05, 0.1) is 21.2 Å². The van der Waals surface area contributed by atoms with Gasteiger partial charge in [-0.3, -0.25) is 14.3 Å². The van der Waals surface area contributed by atoms with Gasteiger partial charge < -0.3 is 5.11 Å². The number of anilines is 1. The molecule has 134 valence electrons. The van der Waals surface area contributed by atoms with Crippen LogP contribution in [0.4, 0.5) is 5.69 Å². The number of aromatic hydroxyl groups is 1. The Bertz CT molecular complexity index is 1120. The van der Waals surface area contributed by atoms with Crippen LogP contribution in [0.15, 0.2) is 65.6 Å². The van der Waals surface area contributed by atoms with Crippen molar-refractivity contribution in [2.24, 2.45) is 0 Å². The van der Waals surface area contributed by atoms with Crippen LogP contribution in [0.3, 0.4) is 0 Å². The molecule has 0 bridgehead atoms. The van der Waals surface area contributed by atoms with Crippen molar-refractivity contribution in [1.29, 1.82) is 0 Å². The Balaban J connectivity index is 1.72. The minimum Gasteiger partial charge on any atom is -0.493 e. The fraction of sp³-hybridized carbons (Fsp3) is 0. The SMILES string of the molecule is O=C1/C(=C\c2sc(=S)n(-c3ccccc3)c2O)SC(=S)N1c1ccccc1. The Morgan fingerprint density at radius 1 is 0.926 bits per heavy atom. The quantitative estimate of drug-likeness (QED) is 0.448. The van der Waals surface area contributed by atoms with E-state index in [4.69, 9.17) is 24.4 Å². The molecule has 0 unspecified atom stereocenters. The number of thiazole rings is 1. The van der Waals surface area contributed by atoms with Gasteiger partial charge in [0.15, 0.2) is 8.27 Å². The average molecular weight is 429 g/mol. The Morgan fingerprint density at radius 2 is 1.52 bits per heavy atom. The molecular formula is C19H12N2O2S4. The third-order valence-corrected chi connectivity index (χ3v) is 6.51. The average Bonchev–Trinajstić information content (AvgIpc) is 3.11. The second-order valence-corrected chi connectivity index (χ2v) is 8.93. The Kier molecular flexibility index (Phi) is 4.96. The number of para-hydroxylation sites is 2. The summed E-state index contributed by atoms with van der Waals surface area (Å²) in [7, 11) is 0. The lowest BCUT2D eigenvalue weighted by atomic mass is 10.3. The summed E-state index contributed by atoms with van der Waals surface area (Å²) in [6.07, 6.45) is 1.65. The zero-order valence-electron chi connectivity index (χ0n) is 13.7. The Morgan fingerprint density at radius 3 is 2.15 bits per heavy atom. The molecule has 1 aliphatic heterocycles. The van der Waals surface area contributed by atoms with Crippen LogP contribution in [0, 0.1) is 3.95 Å². The summed E-state index contributed by atoms with van der Waals surface area (Å²) >= 11 is 13.2. The van der Waals surface area contributed by atoms with Crippen LogP contribution in [-0.4, -0.2) is 19.9 Å². The van der Waals surface area contributed by atoms with Crippen molar-refractivity contribution in [2.75, 3.05) is 4.90 Å². The largest absolute Gasteiger partial charge is 0.493 e. The van der Waals surface area contributed by atoms with Crippen LogP contribution in [0.25, 0.3) is 11.8 Å². The molecule has 0 atom stereocenters. The number of thiocarbonyl (C=S) groups is 1. The van der Waals surface area contributed by atoms with E-state index < -0.39 is 0 Å². The van der Waals surface area contributed by atoms with Crippen molar-refractivity contribution in [3.8, 4) is 11.6 Å². The van der Waals surface area contributed by atoms with Gasteiger partial charge in [0.25, 0.3) is 5.91 Å². The molecule has 0 saturated carbocycles. The maximum atomic E-state index is 12.8. The maximum Gasteiger partial charge on any atom is 0.270 e. The summed E-state index contributed by atoms with van der Waals surface area (Å²) in [6.45, 7) is 0. The van der Waals surface area contributed by atoms with Crippen LogP contribution in [0.1, 0.15) is 4.88 Å². The summed E-state index contributed by atoms with van der Waals surface area (Å²) < 4.78 is 2.55. The fourth-order valence-electron chi connectivity index (χ4n) is 2.67. The van der Waals surface area contributed by atoms with E-state index in [0.29, 0.717) is 18.1 Å². The first kappa shape index (κ1) is 18.1. The number of carbonyl (C=O) groups excluding carboxylic acids is 1. The molecule has 1 aromatic heterocycles. The van der Waals surface area contributed by atoms with E-state index in [-0.39, 0.29) is 11.8 Å². The second kappa shape index (κ2) is 7.40. The Hall–Kier alpha value is -2.26. The minimum absolute atomic E-state index is 0.0150. The number of hydrogen-bond acceptors (Lipinski definition) is 6. The predicted molar refractivity (Wildman–Crippen MR) is 118 cm³/mol. The number of hydrogen-bond donors (Lipinski definition) is 1. The number of amides is 1. The van der Waals surface area contributed by atoms with E-state index >= 15 is 0 Å². The van der Waals surface area contributed by atoms with Gasteiger partial charge in [-0.2, -0.15) is 0 Å². The highest BCUT2D eigenvalue weighted by atomic mass is 32.2. The van der Waals surface area contributed by atoms with E-state index in [2.05, 4.69) is 0 Å². The van der Waals surface area contributed by atoms with E-state index in [1.165, 1.54) is 28.0 Å². The standard InChI is InChI=1S/C19H12N2O2S4/c22-16-14(26-18(24)20(16)12-7-3-1-4-8-12)11-15-17(23)21(19(25)27-15)13-9-5-2-6-10-13/h1-11,22H/b15-11+. The third-order valence-electron chi connectivity index (χ3n) is 3.90. The van der Waals surface area contributed by atoms with Crippen molar-refractivity contribution in [2.45, 2.75) is 0 Å². The van der Waals surface area contributed by atoms with E-state index in [0.717, 1.165) is 11.4 Å². The van der Waals surface area contributed by atoms with Crippen LogP contribution in [0.5, 0.6) is 5.88 Å². The highest BCUT2D eigenvalue weighted by Crippen LogP contribution is 2.39. The van der Waals surface area contributed by atoms with Gasteiger partial charge in [-0.1, -0.05) is 60.4 Å². The number of benzene rings is 2. The number of rotatable bonds is 3. The van der Waals surface area contributed by atoms with Crippen molar-refractivity contribution < 1.29 is 9.90 Å². The zero-order chi connectivity index (χ0) is 19.0. The van der Waals surface area contributed by atoms with Crippen LogP contribution >= 0.6 is 47.5 Å². The molecule has 1 aliphatic rings. The van der Waals surface area contributed by atoms with Gasteiger partial charge in [0.1, 0.15) is 0 Å². The summed E-state index contributed by atoms with van der Waals surface area (Å²) in [4.78, 5) is 15.3. The normalized spacial score (nSPS) is 15.7. The lowest BCUT2D eigenvalue weighted by Crippen LogP contribution is -2.27. The van der Waals surface area contributed by atoms with Crippen LogP contribution in [-0.2, 0) is 4.79 Å². The van der Waals surface area contributed by atoms with Crippen molar-refractivity contribution in [3.63, 3.8) is 0 Å². The molecule has 3 aromatic rings. The van der Waals surface area contributed by atoms with Gasteiger partial charge >= 0.3 is 0 Å². The first-order chi connectivity index (χ1) is 13.1. The summed E-state index contributed by atoms with van der Waals surface area (Å²) in [5.41, 5.74) is 1.50. The molecule has 1 amide bonds. The lowest BCUT2D eigenvalue weighted by molar-refractivity contribution is -0.113. The summed E-state index contributed by atoms with van der Waals surface area (Å²) in [5, 5.41) is 10.7. The molecule has 8 heteroatoms. The van der Waals surface area contributed by atoms with Gasteiger partial charge in [0, 0.05) is 0 Å². The van der Waals surface area contributed by atoms with Gasteiger partial charge in [-0.25, -0.2) is 0 Å². The van der Waals surface area contributed by atoms with Crippen LogP contribution in [0.2, 0.25) is 0 Å². The number of nitrogens with zero attached hydrogens (tertiary/aromatic N) is 2. The first-order valence-corrected chi connectivity index (χ1v) is 10.3. The monoisotopic (exact) mass is 428 g/mol. The predicted octanol–water partition coefficient (Wildman–Crippen LogP) is 5.38. The summed E-state index contributed by atoms with van der Waals surface area (Å²) in [5.74, 6) is -0.192. The van der Waals surface area contributed by atoms with Gasteiger partial charge in [-0.05, 0) is 42.6 Å². The minimum atomic E-state index is -0.207. The molecule has 4 nitrogen and oxygen atoms in total. The molecule has 0 spiro atoms. The molecule has 27 heavy (non-hydrogen) atoms. The molecule has 1 N–H and O–H groups in total. The highest BCUT2D eigenvalue weighted by molar-refractivity contribution is 8.27. The van der Waals surface area contributed by atoms with Crippen molar-refractivity contribution >= 4 is 69.5 Å². The molecule has 1 saturated heterocycles. The molecular weight excluding hydrogens is 416 g/mol. The molecule has 0 aliphatic carbocycles. The fourth-order valence-corrected chi connectivity index (χ4v) is 5.31. The molecule has 4 rings (SSSR count). The van der Waals surface area contributed by atoms with E-state index in [1.807, 2.05) is 60.7 Å². The van der Waals surface area contributed by atoms with E-state index in [1.54, 1.807) is 10.6 Å². The molecule has 2 aromatic carbocycles. The van der Waals surface area contributed by atoms with E-state index in [9.17, 15) is 9.90 Å². The Labute approximate surface area is 174 Å². The summed E-state index contributed by atoms with van der Waals surface area (Å²) in [6, 6.07) is 18.6. The number of thioether (sulfide) groups is 1. The van der Waals surface area contributed by atoms with Crippen molar-refractivity contribution in [1.82, 2.24) is 4.57 Å². The molecule has 0 radical (unpaired) electrons. The van der Waals surface area contributed by atoms with Gasteiger partial charge in [0.2, 0.25) is 5.88 Å². The van der Waals surface area contributed by atoms with Crippen molar-refractivity contribution in [3.05, 3.63) is 74.4 Å². The first-order valence-electron chi connectivity index (χ1n) is 7.89. The molecule has 2 heterocycles. The smallest absolute Gasteiger partial charge is 0.270 e. The third kappa shape index (κ3) is 3.37. The topological polar surface area (TPSA) is 45.5 Å². The maximum absolute atomic E-state index is 12.8. The van der Waals surface area contributed by atoms with Gasteiger partial charge in [-0.15, -0.1) is 11.3 Å².